The average molecular weight is 374 g/mol. The first-order chi connectivity index (χ1) is 8.58. The topological polar surface area (TPSA) is 27.0 Å². The Morgan fingerprint density at radius 2 is 2.11 bits per heavy atom. The summed E-state index contributed by atoms with van der Waals surface area (Å²) in [6.45, 7) is 6.15. The molecule has 98 valence electrons. The molecule has 0 atom stereocenters. The smallest absolute Gasteiger partial charge is 0.0640 e. The van der Waals surface area contributed by atoms with E-state index in [0.717, 1.165) is 22.9 Å². The van der Waals surface area contributed by atoms with Crippen molar-refractivity contribution in [2.75, 3.05) is 18.0 Å². The Kier molecular flexibility index (Phi) is 6.73. The van der Waals surface area contributed by atoms with E-state index in [4.69, 9.17) is 5.26 Å². The second-order valence-electron chi connectivity index (χ2n) is 4.65. The lowest BCUT2D eigenvalue weighted by Gasteiger charge is -2.28. The van der Waals surface area contributed by atoms with Crippen LogP contribution in [0, 0.1) is 17.2 Å². The minimum Gasteiger partial charge on any atom is -0.370 e. The Hall–Kier alpha value is -0.530. The molecule has 0 bridgehead atoms. The molecule has 4 heteroatoms. The maximum absolute atomic E-state index is 8.78. The third kappa shape index (κ3) is 4.62. The zero-order chi connectivity index (χ0) is 13.5. The lowest BCUT2D eigenvalue weighted by molar-refractivity contribution is 0.611. The fourth-order valence-corrected chi connectivity index (χ4v) is 2.70. The summed E-state index contributed by atoms with van der Waals surface area (Å²) in [6, 6.07) is 8.54. The molecule has 0 radical (unpaired) electrons. The van der Waals surface area contributed by atoms with Gasteiger partial charge in [-0.05, 0) is 23.6 Å². The number of halogens is 2. The van der Waals surface area contributed by atoms with Crippen molar-refractivity contribution in [2.24, 2.45) is 5.92 Å². The van der Waals surface area contributed by atoms with E-state index in [1.54, 1.807) is 0 Å². The molecule has 18 heavy (non-hydrogen) atoms. The van der Waals surface area contributed by atoms with Crippen LogP contribution < -0.4 is 4.90 Å². The van der Waals surface area contributed by atoms with Gasteiger partial charge >= 0.3 is 0 Å². The van der Waals surface area contributed by atoms with Gasteiger partial charge in [0.05, 0.1) is 12.5 Å². The minimum absolute atomic E-state index is 0.557. The second kappa shape index (κ2) is 7.81. The van der Waals surface area contributed by atoms with Crippen molar-refractivity contribution in [1.82, 2.24) is 0 Å². The van der Waals surface area contributed by atoms with Gasteiger partial charge in [0.25, 0.3) is 0 Å². The molecule has 0 saturated heterocycles. The summed E-state index contributed by atoms with van der Waals surface area (Å²) < 4.78 is 1.08. The third-order valence-electron chi connectivity index (χ3n) is 2.61. The molecule has 0 spiro atoms. The second-order valence-corrected chi connectivity index (χ2v) is 6.13. The summed E-state index contributed by atoms with van der Waals surface area (Å²) in [5.41, 5.74) is 2.47. The first-order valence-electron chi connectivity index (χ1n) is 6.04. The summed E-state index contributed by atoms with van der Waals surface area (Å²) in [5.74, 6) is 0.575. The van der Waals surface area contributed by atoms with Gasteiger partial charge < -0.3 is 4.90 Å². The molecule has 0 aromatic heterocycles. The number of hydrogen-bond donors (Lipinski definition) is 0. The van der Waals surface area contributed by atoms with Gasteiger partial charge in [-0.25, -0.2) is 0 Å². The number of nitrogens with zero attached hydrogens (tertiary/aromatic N) is 2. The maximum atomic E-state index is 8.78. The summed E-state index contributed by atoms with van der Waals surface area (Å²) in [7, 11) is 0. The van der Waals surface area contributed by atoms with E-state index in [1.165, 1.54) is 11.3 Å². The molecule has 0 aliphatic heterocycles. The Balaban J connectivity index is 3.02. The van der Waals surface area contributed by atoms with Gasteiger partial charge in [0, 0.05) is 28.6 Å². The molecule has 2 nitrogen and oxygen atoms in total. The van der Waals surface area contributed by atoms with Crippen LogP contribution >= 0.6 is 31.9 Å². The van der Waals surface area contributed by atoms with Crippen molar-refractivity contribution < 1.29 is 0 Å². The highest BCUT2D eigenvalue weighted by Gasteiger charge is 2.12. The monoisotopic (exact) mass is 372 g/mol. The van der Waals surface area contributed by atoms with Crippen LogP contribution in [0.4, 0.5) is 5.69 Å². The lowest BCUT2D eigenvalue weighted by Crippen LogP contribution is -2.29. The van der Waals surface area contributed by atoms with E-state index in [0.29, 0.717) is 12.3 Å². The Morgan fingerprint density at radius 1 is 1.39 bits per heavy atom. The highest BCUT2D eigenvalue weighted by Crippen LogP contribution is 2.27. The lowest BCUT2D eigenvalue weighted by atomic mass is 10.1. The summed E-state index contributed by atoms with van der Waals surface area (Å²) >= 11 is 7.05. The number of rotatable bonds is 6. The number of alkyl halides is 1. The van der Waals surface area contributed by atoms with Crippen LogP contribution in [0.3, 0.4) is 0 Å². The maximum Gasteiger partial charge on any atom is 0.0640 e. The van der Waals surface area contributed by atoms with Gasteiger partial charge in [0.2, 0.25) is 0 Å². The number of hydrogen-bond acceptors (Lipinski definition) is 2. The molecule has 0 saturated carbocycles. The van der Waals surface area contributed by atoms with Gasteiger partial charge in [0.15, 0.2) is 0 Å². The molecular weight excluding hydrogens is 356 g/mol. The molecule has 1 rings (SSSR count). The van der Waals surface area contributed by atoms with E-state index < -0.39 is 0 Å². The van der Waals surface area contributed by atoms with Crippen LogP contribution in [0.2, 0.25) is 0 Å². The van der Waals surface area contributed by atoms with Gasteiger partial charge in [0.1, 0.15) is 0 Å². The van der Waals surface area contributed by atoms with E-state index in [-0.39, 0.29) is 0 Å². The van der Waals surface area contributed by atoms with Crippen LogP contribution in [0.25, 0.3) is 0 Å². The first-order valence-corrected chi connectivity index (χ1v) is 7.96. The van der Waals surface area contributed by atoms with Gasteiger partial charge in [-0.15, -0.1) is 0 Å². The van der Waals surface area contributed by atoms with Crippen LogP contribution in [0.5, 0.6) is 0 Å². The molecule has 0 aliphatic carbocycles. The Labute approximate surface area is 126 Å². The number of benzene rings is 1. The standard InChI is InChI=1S/C14H18Br2N2/c1-11(2)10-18(7-3-6-17)14-8-13(16)5-4-12(14)9-15/h4-5,8,11H,3,7,9-10H2,1-2H3. The molecule has 1 aromatic carbocycles. The van der Waals surface area contributed by atoms with Crippen molar-refractivity contribution in [1.29, 1.82) is 5.26 Å². The van der Waals surface area contributed by atoms with Crippen molar-refractivity contribution >= 4 is 37.5 Å². The number of anilines is 1. The van der Waals surface area contributed by atoms with Gasteiger partial charge in [-0.2, -0.15) is 5.26 Å². The highest BCUT2D eigenvalue weighted by molar-refractivity contribution is 9.10. The third-order valence-corrected chi connectivity index (χ3v) is 3.71. The van der Waals surface area contributed by atoms with Crippen molar-refractivity contribution in [3.8, 4) is 6.07 Å². The number of nitriles is 1. The quantitative estimate of drug-likeness (QED) is 0.674. The predicted octanol–water partition coefficient (Wildman–Crippen LogP) is 4.72. The fraction of sp³-hybridized carbons (Fsp3) is 0.500. The molecule has 0 heterocycles. The summed E-state index contributed by atoms with van der Waals surface area (Å²) in [4.78, 5) is 2.30. The van der Waals surface area contributed by atoms with Crippen LogP contribution in [0.15, 0.2) is 22.7 Å². The summed E-state index contributed by atoms with van der Waals surface area (Å²) in [6.07, 6.45) is 0.557. The molecule has 0 fully saturated rings. The SMILES string of the molecule is CC(C)CN(CCC#N)c1cc(Br)ccc1CBr. The van der Waals surface area contributed by atoms with Gasteiger partial charge in [-0.3, -0.25) is 0 Å². The zero-order valence-corrected chi connectivity index (χ0v) is 14.0. The first kappa shape index (κ1) is 15.5. The van der Waals surface area contributed by atoms with Crippen LogP contribution in [-0.4, -0.2) is 13.1 Å². The average Bonchev–Trinajstić information content (AvgIpc) is 2.34. The fourth-order valence-electron chi connectivity index (χ4n) is 1.88. The highest BCUT2D eigenvalue weighted by atomic mass is 79.9. The van der Waals surface area contributed by atoms with E-state index in [2.05, 4.69) is 74.9 Å². The largest absolute Gasteiger partial charge is 0.370 e. The predicted molar refractivity (Wildman–Crippen MR) is 84.1 cm³/mol. The van der Waals surface area contributed by atoms with E-state index >= 15 is 0 Å². The molecule has 0 amide bonds. The Morgan fingerprint density at radius 3 is 2.67 bits per heavy atom. The van der Waals surface area contributed by atoms with Gasteiger partial charge in [-0.1, -0.05) is 51.8 Å². The van der Waals surface area contributed by atoms with E-state index in [1.807, 2.05) is 0 Å². The normalized spacial score (nSPS) is 10.4. The van der Waals surface area contributed by atoms with Crippen molar-refractivity contribution in [2.45, 2.75) is 25.6 Å². The Bertz CT molecular complexity index is 424. The molecule has 0 unspecified atom stereocenters. The van der Waals surface area contributed by atoms with Crippen molar-refractivity contribution in [3.63, 3.8) is 0 Å². The zero-order valence-electron chi connectivity index (χ0n) is 10.8. The molecular formula is C14H18Br2N2. The van der Waals surface area contributed by atoms with E-state index in [9.17, 15) is 0 Å². The molecule has 0 aliphatic rings. The van der Waals surface area contributed by atoms with Crippen molar-refractivity contribution in [3.05, 3.63) is 28.2 Å². The van der Waals surface area contributed by atoms with Crippen LogP contribution in [0.1, 0.15) is 25.8 Å². The molecule has 1 aromatic rings. The minimum atomic E-state index is 0.557. The van der Waals surface area contributed by atoms with Crippen LogP contribution in [-0.2, 0) is 5.33 Å². The molecule has 0 N–H and O–H groups in total. The summed E-state index contributed by atoms with van der Waals surface area (Å²) in [5, 5.41) is 9.61.